The Morgan fingerprint density at radius 3 is 2.41 bits per heavy atom. The molecule has 2 N–H and O–H groups in total. The van der Waals surface area contributed by atoms with E-state index < -0.39 is 9.84 Å². The first-order chi connectivity index (χ1) is 16.1. The fourth-order valence-corrected chi connectivity index (χ4v) is 5.01. The number of anilines is 2. The number of hydrogen-bond donors (Lipinski definition) is 2. The van der Waals surface area contributed by atoms with Crippen LogP contribution in [0.5, 0.6) is 0 Å². The van der Waals surface area contributed by atoms with Crippen molar-refractivity contribution in [2.75, 3.05) is 36.1 Å². The molecule has 0 spiro atoms. The Morgan fingerprint density at radius 1 is 1.00 bits per heavy atom. The van der Waals surface area contributed by atoms with E-state index in [1.807, 2.05) is 0 Å². The van der Waals surface area contributed by atoms with Crippen molar-refractivity contribution in [3.63, 3.8) is 0 Å². The second-order valence-corrected chi connectivity index (χ2v) is 10.8. The molecule has 2 aromatic rings. The number of carbonyl (C=O) groups excluding carboxylic acids is 3. The number of hydrogen-bond acceptors (Lipinski definition) is 5. The molecule has 1 unspecified atom stereocenters. The first-order valence-electron chi connectivity index (χ1n) is 11.2. The van der Waals surface area contributed by atoms with Gasteiger partial charge < -0.3 is 15.5 Å². The Bertz CT molecular complexity index is 1230. The fourth-order valence-electron chi connectivity index (χ4n) is 4.34. The van der Waals surface area contributed by atoms with E-state index in [2.05, 4.69) is 10.6 Å². The highest BCUT2D eigenvalue weighted by Crippen LogP contribution is 2.30. The van der Waals surface area contributed by atoms with E-state index >= 15 is 0 Å². The molecule has 0 saturated carbocycles. The number of sulfone groups is 1. The topological polar surface area (TPSA) is 116 Å². The molecule has 34 heavy (non-hydrogen) atoms. The van der Waals surface area contributed by atoms with Gasteiger partial charge in [-0.2, -0.15) is 0 Å². The molecule has 1 atom stereocenters. The largest absolute Gasteiger partial charge is 0.333 e. The maximum Gasteiger partial charge on any atom is 0.322 e. The summed E-state index contributed by atoms with van der Waals surface area (Å²) in [6.45, 7) is 2.94. The van der Waals surface area contributed by atoms with Crippen molar-refractivity contribution in [1.29, 1.82) is 0 Å². The highest BCUT2D eigenvalue weighted by molar-refractivity contribution is 7.90. The maximum atomic E-state index is 13.0. The first-order valence-corrected chi connectivity index (χ1v) is 13.1. The minimum atomic E-state index is -3.31. The van der Waals surface area contributed by atoms with Gasteiger partial charge in [0.15, 0.2) is 15.6 Å². The highest BCUT2D eigenvalue weighted by Gasteiger charge is 2.30. The molecule has 0 radical (unpaired) electrons. The molecule has 10 heteroatoms. The van der Waals surface area contributed by atoms with Gasteiger partial charge in [-0.15, -0.1) is 0 Å². The van der Waals surface area contributed by atoms with Crippen molar-refractivity contribution in [3.05, 3.63) is 53.6 Å². The van der Waals surface area contributed by atoms with Gasteiger partial charge in [0.2, 0.25) is 0 Å². The maximum absolute atomic E-state index is 13.0. The van der Waals surface area contributed by atoms with Gasteiger partial charge in [-0.1, -0.05) is 0 Å². The second kappa shape index (κ2) is 9.46. The zero-order valence-electron chi connectivity index (χ0n) is 19.2. The average Bonchev–Trinajstić information content (AvgIpc) is 3.22. The number of urea groups is 2. The van der Waals surface area contributed by atoms with Crippen LogP contribution >= 0.6 is 0 Å². The van der Waals surface area contributed by atoms with Crippen LogP contribution < -0.4 is 15.5 Å². The molecule has 1 fully saturated rings. The fraction of sp³-hybridized carbons (Fsp3) is 0.375. The van der Waals surface area contributed by atoms with Gasteiger partial charge in [0, 0.05) is 48.9 Å². The molecule has 9 nitrogen and oxygen atoms in total. The number of nitrogens with one attached hydrogen (secondary N) is 2. The predicted molar refractivity (Wildman–Crippen MR) is 129 cm³/mol. The highest BCUT2D eigenvalue weighted by atomic mass is 32.2. The SMILES string of the molecule is CC(=O)c1ccc(NC(=O)N2CCCC(NC(=O)N3CCc4cc(S(C)(=O)=O)ccc43)C2)cc1. The molecule has 2 aliphatic rings. The Morgan fingerprint density at radius 2 is 1.74 bits per heavy atom. The second-order valence-electron chi connectivity index (χ2n) is 8.76. The van der Waals surface area contributed by atoms with Crippen LogP contribution in [0.1, 0.15) is 35.7 Å². The summed E-state index contributed by atoms with van der Waals surface area (Å²) >= 11 is 0. The quantitative estimate of drug-likeness (QED) is 0.647. The molecular weight excluding hydrogens is 456 g/mol. The number of Topliss-reactive ketones (excluding diaryl/α,β-unsaturated/α-hetero) is 1. The van der Waals surface area contributed by atoms with E-state index in [4.69, 9.17) is 0 Å². The third kappa shape index (κ3) is 5.22. The summed E-state index contributed by atoms with van der Waals surface area (Å²) in [6.07, 6.45) is 3.28. The molecule has 1 saturated heterocycles. The predicted octanol–water partition coefficient (Wildman–Crippen LogP) is 3.06. The number of amides is 4. The van der Waals surface area contributed by atoms with E-state index in [0.29, 0.717) is 43.0 Å². The number of carbonyl (C=O) groups is 3. The van der Waals surface area contributed by atoms with Crippen molar-refractivity contribution in [2.24, 2.45) is 0 Å². The number of rotatable bonds is 4. The van der Waals surface area contributed by atoms with Crippen molar-refractivity contribution in [3.8, 4) is 0 Å². The minimum absolute atomic E-state index is 0.0380. The van der Waals surface area contributed by atoms with Gasteiger partial charge in [0.05, 0.1) is 4.90 Å². The summed E-state index contributed by atoms with van der Waals surface area (Å²) in [5.74, 6) is -0.0380. The Kier molecular flexibility index (Phi) is 6.60. The summed E-state index contributed by atoms with van der Waals surface area (Å²) in [5, 5.41) is 5.87. The van der Waals surface area contributed by atoms with Gasteiger partial charge >= 0.3 is 12.1 Å². The van der Waals surface area contributed by atoms with Gasteiger partial charge in [-0.25, -0.2) is 18.0 Å². The summed E-state index contributed by atoms with van der Waals surface area (Å²) in [4.78, 5) is 40.6. The zero-order chi connectivity index (χ0) is 24.5. The first kappa shape index (κ1) is 23.7. The van der Waals surface area contributed by atoms with Crippen LogP contribution in [-0.2, 0) is 16.3 Å². The zero-order valence-corrected chi connectivity index (χ0v) is 20.0. The van der Waals surface area contributed by atoms with Gasteiger partial charge in [-0.05, 0) is 74.2 Å². The van der Waals surface area contributed by atoms with Crippen molar-refractivity contribution >= 4 is 39.1 Å². The van der Waals surface area contributed by atoms with Gasteiger partial charge in [-0.3, -0.25) is 9.69 Å². The van der Waals surface area contributed by atoms with Crippen molar-refractivity contribution in [2.45, 2.75) is 37.1 Å². The number of benzene rings is 2. The van der Waals surface area contributed by atoms with Crippen LogP contribution in [-0.4, -0.2) is 63.1 Å². The summed E-state index contributed by atoms with van der Waals surface area (Å²) in [6, 6.07) is 10.9. The molecular formula is C24H28N4O5S. The van der Waals surface area contributed by atoms with Crippen LogP contribution in [0.4, 0.5) is 21.0 Å². The monoisotopic (exact) mass is 484 g/mol. The average molecular weight is 485 g/mol. The van der Waals surface area contributed by atoms with Crippen LogP contribution in [0.3, 0.4) is 0 Å². The minimum Gasteiger partial charge on any atom is -0.333 e. The van der Waals surface area contributed by atoms with E-state index in [1.54, 1.807) is 46.2 Å². The van der Waals surface area contributed by atoms with Crippen molar-refractivity contribution in [1.82, 2.24) is 10.2 Å². The summed E-state index contributed by atoms with van der Waals surface area (Å²) < 4.78 is 23.6. The summed E-state index contributed by atoms with van der Waals surface area (Å²) in [7, 11) is -3.31. The normalized spacial score (nSPS) is 17.8. The van der Waals surface area contributed by atoms with Gasteiger partial charge in [0.1, 0.15) is 0 Å². The van der Waals surface area contributed by atoms with E-state index in [-0.39, 0.29) is 28.8 Å². The van der Waals surface area contributed by atoms with E-state index in [9.17, 15) is 22.8 Å². The third-order valence-electron chi connectivity index (χ3n) is 6.20. The lowest BCUT2D eigenvalue weighted by atomic mass is 10.1. The van der Waals surface area contributed by atoms with Gasteiger partial charge in [0.25, 0.3) is 0 Å². The number of nitrogens with zero attached hydrogens (tertiary/aromatic N) is 2. The summed E-state index contributed by atoms with van der Waals surface area (Å²) in [5.41, 5.74) is 2.72. The molecule has 0 bridgehead atoms. The molecule has 180 valence electrons. The number of likely N-dealkylation sites (tertiary alicyclic amines) is 1. The van der Waals surface area contributed by atoms with Crippen molar-refractivity contribution < 1.29 is 22.8 Å². The van der Waals surface area contributed by atoms with Crippen LogP contribution in [0.15, 0.2) is 47.4 Å². The molecule has 0 aromatic heterocycles. The number of piperidine rings is 1. The lowest BCUT2D eigenvalue weighted by molar-refractivity contribution is 0.101. The Labute approximate surface area is 199 Å². The molecule has 2 heterocycles. The van der Waals surface area contributed by atoms with Crippen LogP contribution in [0.25, 0.3) is 0 Å². The number of ketones is 1. The van der Waals surface area contributed by atoms with E-state index in [0.717, 1.165) is 18.4 Å². The molecule has 4 amide bonds. The lowest BCUT2D eigenvalue weighted by Gasteiger charge is -2.34. The molecule has 2 aliphatic heterocycles. The lowest BCUT2D eigenvalue weighted by Crippen LogP contribution is -2.53. The molecule has 4 rings (SSSR count). The molecule has 2 aromatic carbocycles. The standard InChI is InChI=1S/C24H28N4O5S/c1-16(29)17-5-7-19(8-6-17)25-23(30)27-12-3-4-20(15-27)26-24(31)28-13-11-18-14-21(34(2,32)33)9-10-22(18)28/h5-10,14,20H,3-4,11-13,15H2,1-2H3,(H,25,30)(H,26,31). The Hall–Kier alpha value is -3.40. The van der Waals surface area contributed by atoms with E-state index in [1.165, 1.54) is 19.2 Å². The number of fused-ring (bicyclic) bond motifs is 1. The smallest absolute Gasteiger partial charge is 0.322 e. The molecule has 0 aliphatic carbocycles. The van der Waals surface area contributed by atoms with Crippen LogP contribution in [0.2, 0.25) is 0 Å². The third-order valence-corrected chi connectivity index (χ3v) is 7.31. The van der Waals surface area contributed by atoms with Crippen LogP contribution in [0, 0.1) is 0 Å². The Balaban J connectivity index is 1.36.